The summed E-state index contributed by atoms with van der Waals surface area (Å²) < 4.78 is 12.4. The van der Waals surface area contributed by atoms with Crippen molar-refractivity contribution in [2.24, 2.45) is 0 Å². The molecule has 0 N–H and O–H groups in total. The highest BCUT2D eigenvalue weighted by Gasteiger charge is 2.13. The van der Waals surface area contributed by atoms with Gasteiger partial charge in [0, 0.05) is 18.9 Å². The Kier molecular flexibility index (Phi) is 4.11. The second kappa shape index (κ2) is 6.36. The van der Waals surface area contributed by atoms with Gasteiger partial charge in [0.25, 0.3) is 0 Å². The van der Waals surface area contributed by atoms with E-state index < -0.39 is 0 Å². The average Bonchev–Trinajstić information content (AvgIpc) is 3.24. The lowest BCUT2D eigenvalue weighted by Gasteiger charge is -2.17. The number of nitrogens with zero attached hydrogens (tertiary/aromatic N) is 5. The van der Waals surface area contributed by atoms with E-state index in [1.54, 1.807) is 18.5 Å². The van der Waals surface area contributed by atoms with Gasteiger partial charge in [-0.15, -0.1) is 0 Å². The Morgan fingerprint density at radius 1 is 1.33 bits per heavy atom. The summed E-state index contributed by atoms with van der Waals surface area (Å²) in [6.45, 7) is 5.33. The zero-order chi connectivity index (χ0) is 14.5. The van der Waals surface area contributed by atoms with Crippen molar-refractivity contribution >= 4 is 0 Å². The van der Waals surface area contributed by atoms with Gasteiger partial charge >= 0.3 is 0 Å². The van der Waals surface area contributed by atoms with E-state index in [1.165, 1.54) is 0 Å². The lowest BCUT2D eigenvalue weighted by molar-refractivity contribution is 0.225. The van der Waals surface area contributed by atoms with E-state index in [0.29, 0.717) is 24.0 Å². The van der Waals surface area contributed by atoms with Crippen LogP contribution in [-0.2, 0) is 13.1 Å². The van der Waals surface area contributed by atoms with E-state index >= 15 is 0 Å². The highest BCUT2D eigenvalue weighted by molar-refractivity contribution is 5.44. The fourth-order valence-corrected chi connectivity index (χ4v) is 2.04. The van der Waals surface area contributed by atoms with Crippen molar-refractivity contribution in [2.45, 2.75) is 20.0 Å². The molecule has 0 saturated carbocycles. The minimum atomic E-state index is 0.484. The van der Waals surface area contributed by atoms with E-state index in [4.69, 9.17) is 8.94 Å². The molecular formula is C14H17N5O2. The van der Waals surface area contributed by atoms with Crippen LogP contribution >= 0.6 is 0 Å². The fraction of sp³-hybridized carbons (Fsp3) is 0.357. The Balaban J connectivity index is 1.59. The molecule has 0 saturated heterocycles. The van der Waals surface area contributed by atoms with Crippen molar-refractivity contribution in [1.82, 2.24) is 24.8 Å². The SMILES string of the molecule is CCN(CCn1cccn1)Cc1nc(-c2ccco2)no1. The Morgan fingerprint density at radius 3 is 3.00 bits per heavy atom. The molecule has 3 aromatic rings. The summed E-state index contributed by atoms with van der Waals surface area (Å²) in [6.07, 6.45) is 5.33. The summed E-state index contributed by atoms with van der Waals surface area (Å²) in [5, 5.41) is 8.13. The van der Waals surface area contributed by atoms with Gasteiger partial charge in [0.1, 0.15) is 0 Å². The maximum Gasteiger partial charge on any atom is 0.241 e. The van der Waals surface area contributed by atoms with Crippen LogP contribution in [-0.4, -0.2) is 37.9 Å². The fourth-order valence-electron chi connectivity index (χ4n) is 2.04. The first-order valence-electron chi connectivity index (χ1n) is 6.91. The summed E-state index contributed by atoms with van der Waals surface area (Å²) in [5.74, 6) is 1.69. The van der Waals surface area contributed by atoms with Gasteiger partial charge in [0.05, 0.1) is 19.4 Å². The molecule has 0 fully saturated rings. The second-order valence-electron chi connectivity index (χ2n) is 4.63. The minimum Gasteiger partial charge on any atom is -0.461 e. The zero-order valence-corrected chi connectivity index (χ0v) is 11.8. The third kappa shape index (κ3) is 3.38. The number of likely N-dealkylation sites (N-methyl/N-ethyl adjacent to an activating group) is 1. The maximum absolute atomic E-state index is 5.27. The predicted molar refractivity (Wildman–Crippen MR) is 75.2 cm³/mol. The molecule has 7 nitrogen and oxygen atoms in total. The van der Waals surface area contributed by atoms with Crippen LogP contribution in [0.5, 0.6) is 0 Å². The molecule has 3 heterocycles. The molecule has 3 rings (SSSR count). The summed E-state index contributed by atoms with van der Waals surface area (Å²) in [4.78, 5) is 6.57. The van der Waals surface area contributed by atoms with Crippen LogP contribution in [0.4, 0.5) is 0 Å². The van der Waals surface area contributed by atoms with Gasteiger partial charge in [-0.25, -0.2) is 0 Å². The van der Waals surface area contributed by atoms with E-state index in [1.807, 2.05) is 23.0 Å². The van der Waals surface area contributed by atoms with Crippen molar-refractivity contribution in [1.29, 1.82) is 0 Å². The number of hydrogen-bond donors (Lipinski definition) is 0. The van der Waals surface area contributed by atoms with Crippen molar-refractivity contribution in [3.8, 4) is 11.6 Å². The second-order valence-corrected chi connectivity index (χ2v) is 4.63. The molecule has 0 aliphatic rings. The van der Waals surface area contributed by atoms with Crippen molar-refractivity contribution in [3.63, 3.8) is 0 Å². The van der Waals surface area contributed by atoms with Crippen LogP contribution in [0, 0.1) is 0 Å². The molecule has 0 aliphatic heterocycles. The quantitative estimate of drug-likeness (QED) is 0.662. The van der Waals surface area contributed by atoms with E-state index in [-0.39, 0.29) is 0 Å². The van der Waals surface area contributed by atoms with Crippen molar-refractivity contribution in [2.75, 3.05) is 13.1 Å². The first-order valence-corrected chi connectivity index (χ1v) is 6.91. The molecule has 110 valence electrons. The van der Waals surface area contributed by atoms with Gasteiger partial charge in [-0.05, 0) is 24.7 Å². The summed E-state index contributed by atoms with van der Waals surface area (Å²) in [5.41, 5.74) is 0. The normalized spacial score (nSPS) is 11.3. The van der Waals surface area contributed by atoms with Crippen LogP contribution in [0.2, 0.25) is 0 Å². The molecular weight excluding hydrogens is 270 g/mol. The third-order valence-electron chi connectivity index (χ3n) is 3.22. The summed E-state index contributed by atoms with van der Waals surface area (Å²) >= 11 is 0. The van der Waals surface area contributed by atoms with Gasteiger partial charge < -0.3 is 8.94 Å². The highest BCUT2D eigenvalue weighted by Crippen LogP contribution is 2.16. The van der Waals surface area contributed by atoms with Gasteiger partial charge in [0.2, 0.25) is 11.7 Å². The number of hydrogen-bond acceptors (Lipinski definition) is 6. The zero-order valence-electron chi connectivity index (χ0n) is 11.8. The molecule has 0 bridgehead atoms. The Bertz CT molecular complexity index is 645. The van der Waals surface area contributed by atoms with E-state index in [2.05, 4.69) is 27.1 Å². The number of furan rings is 1. The Hall–Kier alpha value is -2.41. The number of rotatable bonds is 7. The predicted octanol–water partition coefficient (Wildman–Crippen LogP) is 2.05. The first kappa shape index (κ1) is 13.6. The summed E-state index contributed by atoms with van der Waals surface area (Å²) in [6, 6.07) is 5.53. The molecule has 0 aromatic carbocycles. The van der Waals surface area contributed by atoms with Gasteiger partial charge in [-0.1, -0.05) is 12.1 Å². The monoisotopic (exact) mass is 287 g/mol. The smallest absolute Gasteiger partial charge is 0.241 e. The third-order valence-corrected chi connectivity index (χ3v) is 3.22. The lowest BCUT2D eigenvalue weighted by Crippen LogP contribution is -2.27. The highest BCUT2D eigenvalue weighted by atomic mass is 16.5. The number of aromatic nitrogens is 4. The molecule has 0 radical (unpaired) electrons. The van der Waals surface area contributed by atoms with Crippen LogP contribution in [0.3, 0.4) is 0 Å². The largest absolute Gasteiger partial charge is 0.461 e. The topological polar surface area (TPSA) is 73.1 Å². The van der Waals surface area contributed by atoms with Gasteiger partial charge in [0.15, 0.2) is 5.76 Å². The molecule has 0 spiro atoms. The van der Waals surface area contributed by atoms with Crippen LogP contribution < -0.4 is 0 Å². The van der Waals surface area contributed by atoms with Gasteiger partial charge in [-0.3, -0.25) is 9.58 Å². The Labute approximate surface area is 122 Å². The van der Waals surface area contributed by atoms with Crippen LogP contribution in [0.25, 0.3) is 11.6 Å². The average molecular weight is 287 g/mol. The molecule has 0 atom stereocenters. The molecule has 21 heavy (non-hydrogen) atoms. The molecule has 0 unspecified atom stereocenters. The van der Waals surface area contributed by atoms with Gasteiger partial charge in [-0.2, -0.15) is 10.1 Å². The molecule has 3 aromatic heterocycles. The van der Waals surface area contributed by atoms with Crippen molar-refractivity contribution in [3.05, 3.63) is 42.7 Å². The lowest BCUT2D eigenvalue weighted by atomic mass is 10.4. The molecule has 0 aliphatic carbocycles. The van der Waals surface area contributed by atoms with E-state index in [0.717, 1.165) is 19.6 Å². The minimum absolute atomic E-state index is 0.484. The molecule has 0 amide bonds. The van der Waals surface area contributed by atoms with Crippen LogP contribution in [0.1, 0.15) is 12.8 Å². The Morgan fingerprint density at radius 2 is 2.29 bits per heavy atom. The van der Waals surface area contributed by atoms with Crippen molar-refractivity contribution < 1.29 is 8.94 Å². The first-order chi connectivity index (χ1) is 10.3. The standard InChI is InChI=1S/C14H17N5O2/c1-2-18(8-9-19-7-4-6-15-19)11-13-16-14(17-21-13)12-5-3-10-20-12/h3-7,10H,2,8-9,11H2,1H3. The van der Waals surface area contributed by atoms with Crippen LogP contribution in [0.15, 0.2) is 45.8 Å². The maximum atomic E-state index is 5.27. The molecule has 7 heteroatoms. The van der Waals surface area contributed by atoms with E-state index in [9.17, 15) is 0 Å². The summed E-state index contributed by atoms with van der Waals surface area (Å²) in [7, 11) is 0.